The van der Waals surface area contributed by atoms with Crippen molar-refractivity contribution in [3.63, 3.8) is 0 Å². The maximum atomic E-state index is 13.7. The molecule has 0 N–H and O–H groups in total. The number of hydrogen-bond acceptors (Lipinski definition) is 4. The van der Waals surface area contributed by atoms with Crippen LogP contribution in [0.3, 0.4) is 0 Å². The van der Waals surface area contributed by atoms with Gasteiger partial charge in [-0.3, -0.25) is 0 Å². The van der Waals surface area contributed by atoms with E-state index in [0.717, 1.165) is 241 Å². The normalized spacial score (nSPS) is 12.1. The number of aromatic nitrogens is 10. The maximum Gasteiger partial charge on any atom is 0.104 e. The fourth-order valence-corrected chi connectivity index (χ4v) is 26.1. The van der Waals surface area contributed by atoms with E-state index in [0.29, 0.717) is 67.8 Å². The molecule has 0 aliphatic carbocycles. The fourth-order valence-electron chi connectivity index (χ4n) is 26.1. The third kappa shape index (κ3) is 11.0. The first-order valence-corrected chi connectivity index (χ1v) is 50.5. The van der Waals surface area contributed by atoms with Crippen LogP contribution in [0.5, 0.6) is 0 Å². The molecule has 0 atom stereocenters. The first-order valence-electron chi connectivity index (χ1n) is 50.5. The molecule has 10 aromatic heterocycles. The van der Waals surface area contributed by atoms with Crippen LogP contribution < -0.4 is 0 Å². The molecule has 0 amide bonds. The number of hydrogen-bond donors (Lipinski definition) is 0. The van der Waals surface area contributed by atoms with Gasteiger partial charge in [0.1, 0.15) is 46.5 Å². The minimum Gasteiger partial charge on any atom is -0.309 e. The van der Waals surface area contributed by atoms with Gasteiger partial charge in [0.05, 0.1) is 156 Å². The van der Waals surface area contributed by atoms with E-state index < -0.39 is 0 Å². The molecule has 0 aliphatic rings. The van der Waals surface area contributed by atoms with E-state index in [9.17, 15) is 21.0 Å². The van der Waals surface area contributed by atoms with E-state index in [1.807, 2.05) is 0 Å². The topological polar surface area (TPSA) is 144 Å². The molecule has 0 spiro atoms. The van der Waals surface area contributed by atoms with Crippen LogP contribution in [-0.2, 0) is 0 Å². The lowest BCUT2D eigenvalue weighted by molar-refractivity contribution is 1.02. The highest BCUT2D eigenvalue weighted by molar-refractivity contribution is 6.29. The Bertz CT molecular complexity index is 11700. The summed E-state index contributed by atoms with van der Waals surface area (Å²) in [5.41, 5.74) is 27.1. The minimum atomic E-state index is 0.335. The van der Waals surface area contributed by atoms with Crippen molar-refractivity contribution in [3.05, 3.63) is 483 Å². The van der Waals surface area contributed by atoms with Crippen molar-refractivity contribution < 1.29 is 0 Å². The van der Waals surface area contributed by atoms with Crippen molar-refractivity contribution in [2.75, 3.05) is 0 Å². The zero-order valence-corrected chi connectivity index (χ0v) is 80.1. The van der Waals surface area contributed by atoms with E-state index in [4.69, 9.17) is 0 Å². The monoisotopic (exact) mass is 1900 g/mol. The molecule has 0 unspecified atom stereocenters. The van der Waals surface area contributed by atoms with Crippen molar-refractivity contribution in [2.45, 2.75) is 0 Å². The predicted molar refractivity (Wildman–Crippen MR) is 614 cm³/mol. The van der Waals surface area contributed by atoms with E-state index in [-0.39, 0.29) is 0 Å². The van der Waals surface area contributed by atoms with E-state index in [2.05, 4.69) is 531 Å². The van der Waals surface area contributed by atoms with E-state index in [1.165, 1.54) is 0 Å². The van der Waals surface area contributed by atoms with Crippen LogP contribution in [0.15, 0.2) is 461 Å². The smallest absolute Gasteiger partial charge is 0.104 e. The lowest BCUT2D eigenvalue weighted by Gasteiger charge is -2.27. The van der Waals surface area contributed by atoms with Gasteiger partial charge in [-0.1, -0.05) is 309 Å². The second kappa shape index (κ2) is 31.2. The molecule has 22 aromatic carbocycles. The van der Waals surface area contributed by atoms with Crippen molar-refractivity contribution in [1.29, 1.82) is 21.0 Å². The van der Waals surface area contributed by atoms with Crippen molar-refractivity contribution >= 4 is 218 Å². The van der Waals surface area contributed by atoms with Crippen LogP contribution in [-0.4, -0.2) is 45.7 Å². The first kappa shape index (κ1) is 82.4. The van der Waals surface area contributed by atoms with Crippen LogP contribution in [0.25, 0.3) is 286 Å². The number of fused-ring (bicyclic) bond motifs is 31. The Morgan fingerprint density at radius 3 is 0.580 bits per heavy atom. The Kier molecular flexibility index (Phi) is 17.1. The highest BCUT2D eigenvalue weighted by Crippen LogP contribution is 2.56. The van der Waals surface area contributed by atoms with Crippen molar-refractivity contribution in [2.24, 2.45) is 0 Å². The molecule has 32 rings (SSSR count). The molecule has 0 fully saturated rings. The first-order chi connectivity index (χ1) is 74.4. The van der Waals surface area contributed by atoms with Crippen LogP contribution in [0.1, 0.15) is 22.3 Å². The summed E-state index contributed by atoms with van der Waals surface area (Å²) in [6.07, 6.45) is 0. The van der Waals surface area contributed by atoms with Crippen molar-refractivity contribution in [1.82, 2.24) is 45.7 Å². The van der Waals surface area contributed by atoms with Gasteiger partial charge in [-0.2, -0.15) is 21.0 Å². The molecule has 14 nitrogen and oxygen atoms in total. The van der Waals surface area contributed by atoms with Gasteiger partial charge in [-0.25, -0.2) is 0 Å². The molecule has 14 heteroatoms. The Morgan fingerprint density at radius 1 is 0.127 bits per heavy atom. The van der Waals surface area contributed by atoms with Gasteiger partial charge in [0.15, 0.2) is 0 Å². The zero-order valence-electron chi connectivity index (χ0n) is 80.1. The molecular weight excluding hydrogens is 1830 g/mol. The number of nitriles is 4. The van der Waals surface area contributed by atoms with E-state index in [1.54, 1.807) is 0 Å². The highest BCUT2D eigenvalue weighted by Gasteiger charge is 2.40. The molecule has 690 valence electrons. The summed E-state index contributed by atoms with van der Waals surface area (Å²) in [7, 11) is 0. The lowest BCUT2D eigenvalue weighted by atomic mass is 9.98. The predicted octanol–water partition coefficient (Wildman–Crippen LogP) is 33.8. The molecular formula is C136H76N14. The van der Waals surface area contributed by atoms with Gasteiger partial charge in [0.2, 0.25) is 0 Å². The van der Waals surface area contributed by atoms with Gasteiger partial charge in [0, 0.05) is 119 Å². The van der Waals surface area contributed by atoms with Gasteiger partial charge in [0.25, 0.3) is 0 Å². The quantitative estimate of drug-likeness (QED) is 0.127. The Hall–Kier alpha value is -21.2. The van der Waals surface area contributed by atoms with Gasteiger partial charge >= 0.3 is 0 Å². The summed E-state index contributed by atoms with van der Waals surface area (Å²) >= 11 is 0. The number of para-hydroxylation sites is 16. The molecule has 0 aliphatic heterocycles. The SMILES string of the molecule is N#Cc1c(-n2c3ccccc3c3ccccc32)c(-n2c3ccccc3c3ccccc32)c(C#N)c(-n2c3ccccc3c3cc4c(cc32)c2ccccc2n4-c2ccccc2)c1-n1c2ccccc2c2cc(-c3ccc4c(c3)c3ccccc3n4-c3c(C#N)c(-n4c5ccccc5c5ccccc54)c(-n4c5ccccc5c5ccc6c(c7ccccc7n6-c6ccccc6)c54)c(C#N)c3-n3c4ccccc4c4ccccc43)ccc21. The summed E-state index contributed by atoms with van der Waals surface area (Å²) in [5.74, 6) is 0. The lowest BCUT2D eigenvalue weighted by Crippen LogP contribution is -2.16. The fraction of sp³-hybridized carbons (Fsp3) is 0. The molecule has 10 heterocycles. The third-order valence-corrected chi connectivity index (χ3v) is 32.0. The summed E-state index contributed by atoms with van der Waals surface area (Å²) in [4.78, 5) is 0. The molecule has 32 aromatic rings. The zero-order chi connectivity index (χ0) is 98.7. The Balaban J connectivity index is 0.692. The molecule has 0 saturated heterocycles. The number of nitrogens with zero attached hydrogens (tertiary/aromatic N) is 14. The van der Waals surface area contributed by atoms with Gasteiger partial charge in [-0.05, 0) is 163 Å². The van der Waals surface area contributed by atoms with Gasteiger partial charge in [-0.15, -0.1) is 0 Å². The third-order valence-electron chi connectivity index (χ3n) is 32.0. The molecule has 0 saturated carbocycles. The average molecular weight is 1910 g/mol. The van der Waals surface area contributed by atoms with Crippen LogP contribution >= 0.6 is 0 Å². The van der Waals surface area contributed by atoms with Gasteiger partial charge < -0.3 is 45.7 Å². The number of benzene rings is 22. The largest absolute Gasteiger partial charge is 0.309 e. The standard InChI is InChI=1S/C136H76N14/c137-77-104-129(143-109-54-22-7-39-85(109)86-40-8-23-55-110(86)143)130(144-111-56-24-9-41-87(111)88-42-10-25-57-112(88)144)105(78-138)134(149-119-64-32-19-51-97(119)103-75-125-102(76-126(103)149)96-50-16-21-53-108(96)142(125)84-37-5-2-6-38-84)132(104)148-118-63-31-18-49-95(118)101-74-82(68-71-123(101)148)81-67-70-122-100(73-81)94-48-17-30-62-117(94)147(122)131-106(79-139)135(146-115-60-28-13-45-91(115)92-46-14-29-61-116(92)146)136(107(80-140)133(131)145-113-58-26-11-43-89(113)90-44-12-27-59-114(90)145)150-120-65-33-15-47-93(120)98-69-72-124-127(128(98)150)99-52-20-34-66-121(99)141(124)83-35-3-1-4-36-83/h1-76H. The maximum absolute atomic E-state index is 13.7. The van der Waals surface area contributed by atoms with Crippen LogP contribution in [0, 0.1) is 45.3 Å². The minimum absolute atomic E-state index is 0.335. The van der Waals surface area contributed by atoms with Crippen LogP contribution in [0.4, 0.5) is 0 Å². The number of rotatable bonds is 11. The summed E-state index contributed by atoms with van der Waals surface area (Å²) < 4.78 is 23.0. The molecule has 150 heavy (non-hydrogen) atoms. The average Bonchev–Trinajstić information content (AvgIpc) is 1.50. The Labute approximate surface area is 854 Å². The second-order valence-electron chi connectivity index (χ2n) is 39.2. The highest BCUT2D eigenvalue weighted by atomic mass is 15.2. The van der Waals surface area contributed by atoms with E-state index >= 15 is 0 Å². The second-order valence-corrected chi connectivity index (χ2v) is 39.2. The van der Waals surface area contributed by atoms with Crippen LogP contribution in [0.2, 0.25) is 0 Å². The summed E-state index contributed by atoms with van der Waals surface area (Å²) in [6, 6.07) is 175. The molecule has 0 bridgehead atoms. The summed E-state index contributed by atoms with van der Waals surface area (Å²) in [6.45, 7) is 0. The molecule has 0 radical (unpaired) electrons. The summed E-state index contributed by atoms with van der Waals surface area (Å²) in [5, 5.41) is 74.0. The Morgan fingerprint density at radius 2 is 0.307 bits per heavy atom. The van der Waals surface area contributed by atoms with Crippen molar-refractivity contribution in [3.8, 4) is 92.3 Å².